The maximum atomic E-state index is 7.13. The molecule has 0 amide bonds. The second-order valence-corrected chi connectivity index (χ2v) is 27.2. The normalized spacial score (nSPS) is 12.8. The summed E-state index contributed by atoms with van der Waals surface area (Å²) in [5.74, 6) is 1.83. The summed E-state index contributed by atoms with van der Waals surface area (Å²) in [5, 5.41) is 5.07. The Hall–Kier alpha value is -7.12. The van der Waals surface area contributed by atoms with Crippen LogP contribution in [0.5, 0.6) is 11.5 Å². The molecule has 10 rings (SSSR count). The van der Waals surface area contributed by atoms with Crippen LogP contribution in [0.2, 0.25) is 0 Å². The van der Waals surface area contributed by atoms with Gasteiger partial charge in [0.2, 0.25) is 0 Å². The molecule has 0 saturated heterocycles. The van der Waals surface area contributed by atoms with Crippen LogP contribution in [0, 0.1) is 13.8 Å². The average Bonchev–Trinajstić information content (AvgIpc) is 4.16. The van der Waals surface area contributed by atoms with Crippen molar-refractivity contribution in [2.24, 2.45) is 0 Å². The predicted molar refractivity (Wildman–Crippen MR) is 340 cm³/mol. The fourth-order valence-electron chi connectivity index (χ4n) is 11.5. The number of aryl methyl sites for hydroxylation is 2. The number of likely N-dealkylation sites (N-methyl/N-ethyl adjacent to an activating group) is 2. The Morgan fingerprint density at radius 3 is 0.925 bits per heavy atom. The van der Waals surface area contributed by atoms with E-state index in [1.807, 2.05) is 0 Å². The highest BCUT2D eigenvalue weighted by atomic mass is 16.5. The lowest BCUT2D eigenvalue weighted by Gasteiger charge is -2.26. The number of nitrogens with zero attached hydrogens (tertiary/aromatic N) is 4. The molecule has 0 radical (unpaired) electrons. The summed E-state index contributed by atoms with van der Waals surface area (Å²) in [6.45, 7) is 36.2. The van der Waals surface area contributed by atoms with Crippen molar-refractivity contribution in [2.45, 2.75) is 145 Å². The zero-order valence-corrected chi connectivity index (χ0v) is 50.9. The summed E-state index contributed by atoms with van der Waals surface area (Å²) in [6, 6.07) is 58.8. The third-order valence-electron chi connectivity index (χ3n) is 16.3. The second kappa shape index (κ2) is 21.7. The van der Waals surface area contributed by atoms with E-state index in [9.17, 15) is 0 Å². The predicted octanol–water partition coefficient (Wildman–Crippen LogP) is 18.4. The van der Waals surface area contributed by atoms with Crippen LogP contribution in [0.4, 0.5) is 0 Å². The molecule has 0 aliphatic carbocycles. The number of hydrogen-bond acceptors (Lipinski definition) is 4. The van der Waals surface area contributed by atoms with Gasteiger partial charge < -0.3 is 28.4 Å². The van der Waals surface area contributed by atoms with Crippen molar-refractivity contribution in [1.29, 1.82) is 0 Å². The third-order valence-corrected chi connectivity index (χ3v) is 16.3. The fourth-order valence-corrected chi connectivity index (χ4v) is 11.5. The van der Waals surface area contributed by atoms with E-state index in [4.69, 9.17) is 9.47 Å². The summed E-state index contributed by atoms with van der Waals surface area (Å²) in [4.78, 5) is 4.90. The van der Waals surface area contributed by atoms with Gasteiger partial charge in [-0.15, -0.1) is 0 Å². The monoisotopic (exact) mass is 1060 g/mol. The zero-order valence-electron chi connectivity index (χ0n) is 50.9. The Labute approximate surface area is 478 Å². The van der Waals surface area contributed by atoms with Crippen LogP contribution in [0.3, 0.4) is 0 Å². The van der Waals surface area contributed by atoms with E-state index in [2.05, 4.69) is 288 Å². The van der Waals surface area contributed by atoms with Crippen molar-refractivity contribution in [1.82, 2.24) is 18.9 Å². The molecule has 6 heteroatoms. The largest absolute Gasteiger partial charge is 0.486 e. The van der Waals surface area contributed by atoms with E-state index < -0.39 is 0 Å². The SMILES string of the molecule is Cc1cc(CN(C)CCN(C)Cc2cc(C)cc(-n3c4ccc(C(C)(C)C)cc4c4cc(C(C)(C)C)ccc43)c2OCc2ccccc2)c(OCc2ccccc2)c(-n2c3ccc(C(C)(C)C)cc3c3cc(C(C)(C)C)ccc32)c1. The Morgan fingerprint density at radius 1 is 0.362 bits per heavy atom. The summed E-state index contributed by atoms with van der Waals surface area (Å²) >= 11 is 0. The topological polar surface area (TPSA) is 34.8 Å². The summed E-state index contributed by atoms with van der Waals surface area (Å²) in [5.41, 5.74) is 19.2. The first-order valence-electron chi connectivity index (χ1n) is 29.0. The number of hydrogen-bond donors (Lipinski definition) is 0. The molecule has 0 N–H and O–H groups in total. The molecule has 414 valence electrons. The van der Waals surface area contributed by atoms with Crippen molar-refractivity contribution in [2.75, 3.05) is 27.2 Å². The van der Waals surface area contributed by atoms with E-state index in [0.29, 0.717) is 26.3 Å². The van der Waals surface area contributed by atoms with Gasteiger partial charge in [0.1, 0.15) is 24.7 Å². The lowest BCUT2D eigenvalue weighted by atomic mass is 9.85. The molecule has 0 aliphatic heterocycles. The highest BCUT2D eigenvalue weighted by molar-refractivity contribution is 6.11. The molecule has 0 unspecified atom stereocenters. The van der Waals surface area contributed by atoms with E-state index >= 15 is 0 Å². The Kier molecular flexibility index (Phi) is 15.3. The highest BCUT2D eigenvalue weighted by Gasteiger charge is 2.27. The molecule has 0 aliphatic rings. The Bertz CT molecular complexity index is 3470. The van der Waals surface area contributed by atoms with Gasteiger partial charge in [0.15, 0.2) is 0 Å². The van der Waals surface area contributed by atoms with Crippen molar-refractivity contribution < 1.29 is 9.47 Å². The Morgan fingerprint density at radius 2 is 0.650 bits per heavy atom. The van der Waals surface area contributed by atoms with Gasteiger partial charge in [0.05, 0.1) is 33.4 Å². The van der Waals surface area contributed by atoms with Gasteiger partial charge >= 0.3 is 0 Å². The van der Waals surface area contributed by atoms with Gasteiger partial charge in [-0.05, 0) is 155 Å². The molecule has 0 bridgehead atoms. The highest BCUT2D eigenvalue weighted by Crippen LogP contribution is 2.44. The van der Waals surface area contributed by atoms with Gasteiger partial charge in [-0.25, -0.2) is 0 Å². The number of benzene rings is 8. The minimum Gasteiger partial charge on any atom is -0.486 e. The maximum Gasteiger partial charge on any atom is 0.148 e. The molecule has 0 spiro atoms. The zero-order chi connectivity index (χ0) is 57.1. The number of ether oxygens (including phenoxy) is 2. The third kappa shape index (κ3) is 11.7. The van der Waals surface area contributed by atoms with Gasteiger partial charge in [-0.1, -0.05) is 180 Å². The lowest BCUT2D eigenvalue weighted by Crippen LogP contribution is -2.30. The van der Waals surface area contributed by atoms with Crippen molar-refractivity contribution in [3.8, 4) is 22.9 Å². The van der Waals surface area contributed by atoms with E-state index in [0.717, 1.165) is 47.1 Å². The van der Waals surface area contributed by atoms with Crippen molar-refractivity contribution in [3.05, 3.63) is 213 Å². The van der Waals surface area contributed by atoms with Crippen LogP contribution in [0.25, 0.3) is 55.0 Å². The lowest BCUT2D eigenvalue weighted by molar-refractivity contribution is 0.237. The molecule has 8 aromatic carbocycles. The molecule has 0 fully saturated rings. The van der Waals surface area contributed by atoms with E-state index in [1.54, 1.807) is 0 Å². The van der Waals surface area contributed by atoms with E-state index in [1.165, 1.54) is 88.1 Å². The molecule has 2 heterocycles. The van der Waals surface area contributed by atoms with Gasteiger partial charge in [-0.2, -0.15) is 0 Å². The van der Waals surface area contributed by atoms with Gasteiger partial charge in [0.25, 0.3) is 0 Å². The summed E-state index contributed by atoms with van der Waals surface area (Å²) in [7, 11) is 4.49. The van der Waals surface area contributed by atoms with E-state index in [-0.39, 0.29) is 21.7 Å². The number of fused-ring (bicyclic) bond motifs is 6. The first-order valence-corrected chi connectivity index (χ1v) is 29.0. The first kappa shape index (κ1) is 56.2. The fraction of sp³-hybridized carbons (Fsp3) is 0.351. The second-order valence-electron chi connectivity index (χ2n) is 27.2. The molecule has 0 saturated carbocycles. The quantitative estimate of drug-likeness (QED) is 0.102. The summed E-state index contributed by atoms with van der Waals surface area (Å²) in [6.07, 6.45) is 0. The van der Waals surface area contributed by atoms with Gasteiger partial charge in [-0.3, -0.25) is 0 Å². The molecular formula is C74H86N4O2. The van der Waals surface area contributed by atoms with Crippen LogP contribution in [-0.4, -0.2) is 46.1 Å². The van der Waals surface area contributed by atoms with Gasteiger partial charge in [0, 0.05) is 58.9 Å². The minimum atomic E-state index is 0.00620. The molecular weight excluding hydrogens is 977 g/mol. The summed E-state index contributed by atoms with van der Waals surface area (Å²) < 4.78 is 19.2. The number of aromatic nitrogens is 2. The van der Waals surface area contributed by atoms with Crippen LogP contribution in [0.1, 0.15) is 139 Å². The maximum absolute atomic E-state index is 7.13. The molecule has 80 heavy (non-hydrogen) atoms. The molecule has 2 aromatic heterocycles. The van der Waals surface area contributed by atoms with Crippen LogP contribution >= 0.6 is 0 Å². The smallest absolute Gasteiger partial charge is 0.148 e. The van der Waals surface area contributed by atoms with Crippen LogP contribution < -0.4 is 9.47 Å². The first-order chi connectivity index (χ1) is 37.8. The minimum absolute atomic E-state index is 0.00620. The van der Waals surface area contributed by atoms with Crippen molar-refractivity contribution in [3.63, 3.8) is 0 Å². The number of rotatable bonds is 15. The van der Waals surface area contributed by atoms with Crippen LogP contribution in [-0.2, 0) is 48.0 Å². The Balaban J connectivity index is 1.01. The average molecular weight is 1060 g/mol. The molecule has 0 atom stereocenters. The van der Waals surface area contributed by atoms with Crippen molar-refractivity contribution >= 4 is 43.6 Å². The van der Waals surface area contributed by atoms with Crippen LogP contribution in [0.15, 0.2) is 158 Å². The molecule has 10 aromatic rings. The standard InChI is InChI=1S/C74H86N4O2/c1-49-37-53(69(79-47-51-23-19-17-20-24-51)67(39-49)77-63-31-27-55(71(3,4)5)41-59(63)60-42-56(72(6,7)8)28-32-64(60)77)45-75(15)35-36-76(16)46-54-38-50(2)40-68(70(54)80-48-52-25-21-18-22-26-52)78-65-33-29-57(73(9,10)11)43-61(65)62-44-58(74(12,13)14)30-34-66(62)78/h17-34,37-44H,35-36,45-48H2,1-16H3. The molecule has 6 nitrogen and oxygen atoms in total.